The van der Waals surface area contributed by atoms with E-state index in [0.29, 0.717) is 31.1 Å². The summed E-state index contributed by atoms with van der Waals surface area (Å²) in [5.41, 5.74) is 1.60. The zero-order valence-electron chi connectivity index (χ0n) is 16.3. The van der Waals surface area contributed by atoms with Gasteiger partial charge in [0.2, 0.25) is 6.79 Å². The summed E-state index contributed by atoms with van der Waals surface area (Å²) < 4.78 is 21.8. The number of para-hydroxylation sites is 1. The molecule has 0 aromatic heterocycles. The van der Waals surface area contributed by atoms with Crippen molar-refractivity contribution in [3.8, 4) is 17.2 Å². The van der Waals surface area contributed by atoms with Crippen LogP contribution in [-0.2, 0) is 4.74 Å². The van der Waals surface area contributed by atoms with Crippen LogP contribution in [0, 0.1) is 0 Å². The molecule has 7 nitrogen and oxygen atoms in total. The number of hydrogen-bond acceptors (Lipinski definition) is 6. The second-order valence-corrected chi connectivity index (χ2v) is 6.69. The minimum Gasteiger partial charge on any atom is -0.496 e. The molecule has 29 heavy (non-hydrogen) atoms. The molecule has 8 heteroatoms. The topological polar surface area (TPSA) is 69.3 Å². The van der Waals surface area contributed by atoms with E-state index in [1.807, 2.05) is 30.3 Å². The Morgan fingerprint density at radius 3 is 2.69 bits per heavy atom. The Morgan fingerprint density at radius 2 is 1.90 bits per heavy atom. The van der Waals surface area contributed by atoms with Gasteiger partial charge in [-0.1, -0.05) is 18.2 Å². The van der Waals surface area contributed by atoms with Crippen LogP contribution in [0.3, 0.4) is 0 Å². The van der Waals surface area contributed by atoms with E-state index < -0.39 is 0 Å². The lowest BCUT2D eigenvalue weighted by molar-refractivity contribution is 0.0162. The Bertz CT molecular complexity index is 842. The first-order chi connectivity index (χ1) is 13.8. The van der Waals surface area contributed by atoms with Gasteiger partial charge in [-0.15, -0.1) is 12.4 Å². The Hall–Kier alpha value is -2.48. The molecule has 1 amide bonds. The molecule has 1 saturated heterocycles. The van der Waals surface area contributed by atoms with Gasteiger partial charge in [-0.3, -0.25) is 9.69 Å². The Kier molecular flexibility index (Phi) is 7.19. The summed E-state index contributed by atoms with van der Waals surface area (Å²) in [4.78, 5) is 15.1. The number of benzene rings is 2. The van der Waals surface area contributed by atoms with Gasteiger partial charge in [-0.25, -0.2) is 0 Å². The van der Waals surface area contributed by atoms with Gasteiger partial charge in [0.05, 0.1) is 31.9 Å². The van der Waals surface area contributed by atoms with Gasteiger partial charge in [0.15, 0.2) is 11.5 Å². The maximum Gasteiger partial charge on any atom is 0.255 e. The first kappa shape index (κ1) is 21.2. The maximum atomic E-state index is 12.8. The number of methoxy groups -OCH3 is 1. The molecule has 1 atom stereocenters. The van der Waals surface area contributed by atoms with Crippen LogP contribution in [0.25, 0.3) is 0 Å². The standard InChI is InChI=1S/C21H24N2O5.ClH/c1-25-18-5-3-2-4-16(18)21(24)22-13-17(23-8-10-26-11-9-23)15-6-7-19-20(12-15)28-14-27-19;/h2-7,12,17H,8-11,13-14H2,1H3,(H,22,24);1H. The summed E-state index contributed by atoms with van der Waals surface area (Å²) in [6.07, 6.45) is 0. The minimum atomic E-state index is -0.156. The fourth-order valence-corrected chi connectivity index (χ4v) is 3.58. The molecule has 4 rings (SSSR count). The number of halogens is 1. The third kappa shape index (κ3) is 4.75. The van der Waals surface area contributed by atoms with Crippen LogP contribution in [0.5, 0.6) is 17.2 Å². The normalized spacial score (nSPS) is 16.6. The number of hydrogen-bond donors (Lipinski definition) is 1. The number of fused-ring (bicyclic) bond motifs is 1. The highest BCUT2D eigenvalue weighted by atomic mass is 35.5. The molecule has 0 radical (unpaired) electrons. The van der Waals surface area contributed by atoms with Crippen molar-refractivity contribution in [3.05, 3.63) is 53.6 Å². The summed E-state index contributed by atoms with van der Waals surface area (Å²) in [6, 6.07) is 13.2. The lowest BCUT2D eigenvalue weighted by atomic mass is 10.0. The van der Waals surface area contributed by atoms with E-state index >= 15 is 0 Å². The van der Waals surface area contributed by atoms with Crippen molar-refractivity contribution < 1.29 is 23.7 Å². The molecule has 2 aliphatic rings. The van der Waals surface area contributed by atoms with Gasteiger partial charge in [-0.2, -0.15) is 0 Å². The molecule has 2 aromatic carbocycles. The number of carbonyl (C=O) groups is 1. The highest BCUT2D eigenvalue weighted by molar-refractivity contribution is 5.96. The lowest BCUT2D eigenvalue weighted by Gasteiger charge is -2.35. The molecule has 2 heterocycles. The average Bonchev–Trinajstić information content (AvgIpc) is 3.22. The lowest BCUT2D eigenvalue weighted by Crippen LogP contribution is -2.43. The van der Waals surface area contributed by atoms with Gasteiger partial charge >= 0.3 is 0 Å². The molecule has 0 aliphatic carbocycles. The van der Waals surface area contributed by atoms with Crippen LogP contribution < -0.4 is 19.5 Å². The molecule has 0 bridgehead atoms. The van der Waals surface area contributed by atoms with Crippen molar-refractivity contribution in [3.63, 3.8) is 0 Å². The molecule has 1 unspecified atom stereocenters. The summed E-state index contributed by atoms with van der Waals surface area (Å²) in [5.74, 6) is 1.90. The zero-order chi connectivity index (χ0) is 19.3. The number of amides is 1. The summed E-state index contributed by atoms with van der Waals surface area (Å²) in [5, 5.41) is 3.06. The largest absolute Gasteiger partial charge is 0.496 e. The second-order valence-electron chi connectivity index (χ2n) is 6.69. The van der Waals surface area contributed by atoms with E-state index in [4.69, 9.17) is 18.9 Å². The number of nitrogens with one attached hydrogen (secondary N) is 1. The SMILES string of the molecule is COc1ccccc1C(=O)NCC(c1ccc2c(c1)OCO2)N1CCOCC1.Cl. The highest BCUT2D eigenvalue weighted by Gasteiger charge is 2.26. The first-order valence-corrected chi connectivity index (χ1v) is 9.39. The molecule has 0 spiro atoms. The van der Waals surface area contributed by atoms with E-state index in [0.717, 1.165) is 30.2 Å². The number of rotatable bonds is 6. The summed E-state index contributed by atoms with van der Waals surface area (Å²) in [6.45, 7) is 3.69. The van der Waals surface area contributed by atoms with Crippen molar-refractivity contribution in [2.24, 2.45) is 0 Å². The van der Waals surface area contributed by atoms with Crippen molar-refractivity contribution in [1.29, 1.82) is 0 Å². The van der Waals surface area contributed by atoms with Gasteiger partial charge in [-0.05, 0) is 29.8 Å². The van der Waals surface area contributed by atoms with Crippen LogP contribution >= 0.6 is 12.4 Å². The van der Waals surface area contributed by atoms with Crippen molar-refractivity contribution in [1.82, 2.24) is 10.2 Å². The van der Waals surface area contributed by atoms with Crippen molar-refractivity contribution >= 4 is 18.3 Å². The predicted octanol–water partition coefficient (Wildman–Crippen LogP) is 2.65. The van der Waals surface area contributed by atoms with Crippen LogP contribution in [0.4, 0.5) is 0 Å². The van der Waals surface area contributed by atoms with Crippen LogP contribution in [0.15, 0.2) is 42.5 Å². The number of ether oxygens (including phenoxy) is 4. The minimum absolute atomic E-state index is 0. The quantitative estimate of drug-likeness (QED) is 0.774. The maximum absolute atomic E-state index is 12.8. The Morgan fingerprint density at radius 1 is 1.14 bits per heavy atom. The van der Waals surface area contributed by atoms with Crippen LogP contribution in [0.1, 0.15) is 22.0 Å². The van der Waals surface area contributed by atoms with Gasteiger partial charge in [0, 0.05) is 19.6 Å². The molecular weight excluding hydrogens is 396 g/mol. The second kappa shape index (κ2) is 9.82. The van der Waals surface area contributed by atoms with Crippen LogP contribution in [0.2, 0.25) is 0 Å². The highest BCUT2D eigenvalue weighted by Crippen LogP contribution is 2.35. The van der Waals surface area contributed by atoms with Gasteiger partial charge in [0.1, 0.15) is 5.75 Å². The molecule has 156 valence electrons. The molecule has 1 N–H and O–H groups in total. The summed E-state index contributed by atoms with van der Waals surface area (Å²) in [7, 11) is 1.56. The van der Waals surface area contributed by atoms with E-state index in [1.165, 1.54) is 0 Å². The molecule has 2 aromatic rings. The molecule has 2 aliphatic heterocycles. The first-order valence-electron chi connectivity index (χ1n) is 9.39. The molecule has 0 saturated carbocycles. The monoisotopic (exact) mass is 420 g/mol. The Balaban J connectivity index is 0.00000240. The number of morpholine rings is 1. The van der Waals surface area contributed by atoms with E-state index in [9.17, 15) is 4.79 Å². The van der Waals surface area contributed by atoms with E-state index in [-0.39, 0.29) is 31.1 Å². The Labute approximate surface area is 176 Å². The number of nitrogens with zero attached hydrogens (tertiary/aromatic N) is 1. The van der Waals surface area contributed by atoms with Crippen LogP contribution in [-0.4, -0.2) is 57.6 Å². The van der Waals surface area contributed by atoms with Gasteiger partial charge in [0.25, 0.3) is 5.91 Å². The van der Waals surface area contributed by atoms with Crippen molar-refractivity contribution in [2.45, 2.75) is 6.04 Å². The zero-order valence-corrected chi connectivity index (χ0v) is 17.1. The van der Waals surface area contributed by atoms with E-state index in [1.54, 1.807) is 19.2 Å². The van der Waals surface area contributed by atoms with E-state index in [2.05, 4.69) is 10.2 Å². The number of carbonyl (C=O) groups excluding carboxylic acids is 1. The predicted molar refractivity (Wildman–Crippen MR) is 110 cm³/mol. The average molecular weight is 421 g/mol. The molecule has 1 fully saturated rings. The summed E-state index contributed by atoms with van der Waals surface area (Å²) >= 11 is 0. The van der Waals surface area contributed by atoms with Gasteiger partial charge < -0.3 is 24.3 Å². The van der Waals surface area contributed by atoms with Crippen molar-refractivity contribution in [2.75, 3.05) is 46.8 Å². The fraction of sp³-hybridized carbons (Fsp3) is 0.381. The molecular formula is C21H25ClN2O5. The fourth-order valence-electron chi connectivity index (χ4n) is 3.58. The third-order valence-corrected chi connectivity index (χ3v) is 5.08. The third-order valence-electron chi connectivity index (χ3n) is 5.08. The smallest absolute Gasteiger partial charge is 0.255 e.